The number of halogens is 2. The molecule has 0 nitrogen and oxygen atoms in total. The van der Waals surface area contributed by atoms with Crippen molar-refractivity contribution >= 4 is 12.0 Å². The van der Waals surface area contributed by atoms with Crippen LogP contribution in [0.3, 0.4) is 0 Å². The van der Waals surface area contributed by atoms with Gasteiger partial charge in [-0.05, 0) is 0 Å². The van der Waals surface area contributed by atoms with Gasteiger partial charge in [-0.1, -0.05) is 0 Å². The Morgan fingerprint density at radius 1 is 1.15 bits per heavy atom. The molecule has 0 aromatic heterocycles. The maximum absolute atomic E-state index is 2.54. The second kappa shape index (κ2) is 7.40. The minimum absolute atomic E-state index is 0. The van der Waals surface area contributed by atoms with E-state index in [0.29, 0.717) is 3.12 Å². The molecule has 0 bridgehead atoms. The molecule has 4 heteroatoms. The molecule has 2 aliphatic carbocycles. The first-order valence-electron chi connectivity index (χ1n) is 6.65. The van der Waals surface area contributed by atoms with Crippen molar-refractivity contribution in [3.8, 4) is 0 Å². The van der Waals surface area contributed by atoms with Crippen molar-refractivity contribution in [2.45, 2.75) is 22.6 Å². The van der Waals surface area contributed by atoms with Crippen LogP contribution in [-0.4, -0.2) is 5.92 Å². The smallest absolute Gasteiger partial charge is 1.00 e. The van der Waals surface area contributed by atoms with Crippen molar-refractivity contribution in [2.75, 3.05) is 0 Å². The molecule has 0 heterocycles. The zero-order chi connectivity index (χ0) is 12.6. The fourth-order valence-electron chi connectivity index (χ4n) is 3.00. The number of hydrogen-bond donors (Lipinski definition) is 0. The van der Waals surface area contributed by atoms with Gasteiger partial charge in [-0.3, -0.25) is 0 Å². The Morgan fingerprint density at radius 3 is 2.55 bits per heavy atom. The van der Waals surface area contributed by atoms with Gasteiger partial charge in [-0.2, -0.15) is 0 Å². The van der Waals surface area contributed by atoms with Crippen LogP contribution in [0.15, 0.2) is 54.1 Å². The summed E-state index contributed by atoms with van der Waals surface area (Å²) in [5, 5.41) is 0. The molecule has 1 aromatic rings. The monoisotopic (exact) mass is 398 g/mol. The summed E-state index contributed by atoms with van der Waals surface area (Å²) in [6, 6.07) is 9.02. The Morgan fingerprint density at radius 2 is 1.90 bits per heavy atom. The molecule has 1 atom stereocenters. The zero-order valence-corrected chi connectivity index (χ0v) is 16.9. The molecule has 2 aliphatic rings. The maximum Gasteiger partial charge on any atom is -1.00 e. The van der Waals surface area contributed by atoms with Gasteiger partial charge in [-0.15, -0.1) is 0 Å². The molecular weight excluding hydrogens is 382 g/mol. The minimum atomic E-state index is -0.456. The Bertz CT molecular complexity index is 563. The molecule has 0 radical (unpaired) electrons. The van der Waals surface area contributed by atoms with E-state index in [9.17, 15) is 0 Å². The summed E-state index contributed by atoms with van der Waals surface area (Å²) in [6.07, 6.45) is 13.0. The summed E-state index contributed by atoms with van der Waals surface area (Å²) in [4.78, 5) is 0. The van der Waals surface area contributed by atoms with Crippen LogP contribution in [0.4, 0.5) is 0 Å². The van der Waals surface area contributed by atoms with Crippen molar-refractivity contribution in [3.63, 3.8) is 0 Å². The molecule has 0 N–H and O–H groups in total. The molecule has 20 heavy (non-hydrogen) atoms. The molecule has 3 rings (SSSR count). The van der Waals surface area contributed by atoms with Crippen molar-refractivity contribution in [2.24, 2.45) is 0 Å². The molecule has 0 fully saturated rings. The summed E-state index contributed by atoms with van der Waals surface area (Å²) in [7, 11) is 0. The van der Waals surface area contributed by atoms with Gasteiger partial charge in [0.1, 0.15) is 0 Å². The van der Waals surface area contributed by atoms with Crippen LogP contribution in [0.2, 0.25) is 13.1 Å². The predicted molar refractivity (Wildman–Crippen MR) is 77.9 cm³/mol. The van der Waals surface area contributed by atoms with E-state index in [0.717, 1.165) is 0 Å². The van der Waals surface area contributed by atoms with Crippen LogP contribution in [-0.2, 0) is 25.5 Å². The van der Waals surface area contributed by atoms with Gasteiger partial charge in [0, 0.05) is 0 Å². The number of hydrogen-bond acceptors (Lipinski definition) is 0. The van der Waals surface area contributed by atoms with Gasteiger partial charge < -0.3 is 24.8 Å². The van der Waals surface area contributed by atoms with E-state index in [2.05, 4.69) is 67.7 Å². The average molecular weight is 401 g/mol. The third-order valence-electron chi connectivity index (χ3n) is 3.69. The Kier molecular flexibility index (Phi) is 6.73. The second-order valence-corrected chi connectivity index (χ2v) is 20.5. The molecule has 0 spiro atoms. The first-order valence-corrected chi connectivity index (χ1v) is 15.0. The van der Waals surface area contributed by atoms with Crippen LogP contribution in [0.25, 0.3) is 6.08 Å². The van der Waals surface area contributed by atoms with Crippen LogP contribution < -0.4 is 24.8 Å². The SMILES string of the molecule is C[SiH](C)[Zr+2][C]1(C2=CC=CC2)C=Cc2ccccc21.[Cl-].[Cl-]. The van der Waals surface area contributed by atoms with Crippen LogP contribution >= 0.6 is 0 Å². The minimum Gasteiger partial charge on any atom is -1.00 e. The van der Waals surface area contributed by atoms with E-state index in [1.54, 1.807) is 11.1 Å². The molecule has 0 saturated heterocycles. The number of allylic oxidation sites excluding steroid dienone is 5. The third-order valence-corrected chi connectivity index (χ3v) is 14.2. The molecule has 1 unspecified atom stereocenters. The van der Waals surface area contributed by atoms with E-state index in [-0.39, 0.29) is 24.8 Å². The van der Waals surface area contributed by atoms with Crippen molar-refractivity contribution in [1.29, 1.82) is 0 Å². The summed E-state index contributed by atoms with van der Waals surface area (Å²) < 4.78 is 0.379. The van der Waals surface area contributed by atoms with Gasteiger partial charge in [0.15, 0.2) is 0 Å². The van der Waals surface area contributed by atoms with E-state index in [1.807, 2.05) is 0 Å². The largest absolute Gasteiger partial charge is 1.00 e. The van der Waals surface area contributed by atoms with Crippen LogP contribution in [0, 0.1) is 0 Å². The number of fused-ring (bicyclic) bond motifs is 1. The van der Waals surface area contributed by atoms with Crippen LogP contribution in [0.5, 0.6) is 0 Å². The quantitative estimate of drug-likeness (QED) is 0.509. The van der Waals surface area contributed by atoms with Crippen LogP contribution in [0.1, 0.15) is 17.5 Å². The van der Waals surface area contributed by atoms with Gasteiger partial charge in [-0.25, -0.2) is 0 Å². The molecular formula is C16H18Cl2SiZr. The first kappa shape index (κ1) is 18.2. The standard InChI is InChI=1S/C14H11.C2H7Si.2ClH.Zr/c1-2-6-11(5-1)14-10-9-12-7-3-4-8-13(12)14;1-3-2;;;/h1-5,7-10H,6H2;3H,1-2H3;2*1H;/q;;;;+2/p-2. The van der Waals surface area contributed by atoms with E-state index >= 15 is 0 Å². The zero-order valence-electron chi connectivity index (χ0n) is 11.7. The Balaban J connectivity index is 0.000001000. The summed E-state index contributed by atoms with van der Waals surface area (Å²) in [5.41, 5.74) is 4.73. The maximum atomic E-state index is 2.54. The molecule has 104 valence electrons. The van der Waals surface area contributed by atoms with E-state index < -0.39 is 28.3 Å². The summed E-state index contributed by atoms with van der Waals surface area (Å²) >= 11 is -0.397. The van der Waals surface area contributed by atoms with Gasteiger partial charge >= 0.3 is 122 Å². The summed E-state index contributed by atoms with van der Waals surface area (Å²) in [5.74, 6) is -0.456. The van der Waals surface area contributed by atoms with Crippen molar-refractivity contribution in [1.82, 2.24) is 0 Å². The predicted octanol–water partition coefficient (Wildman–Crippen LogP) is -2.13. The second-order valence-electron chi connectivity index (χ2n) is 5.35. The Hall–Kier alpha value is 0.120. The third kappa shape index (κ3) is 3.14. The fourth-order valence-corrected chi connectivity index (χ4v) is 15.5. The normalized spacial score (nSPS) is 21.9. The average Bonchev–Trinajstić information content (AvgIpc) is 2.97. The van der Waals surface area contributed by atoms with Crippen molar-refractivity contribution < 1.29 is 47.2 Å². The van der Waals surface area contributed by atoms with Gasteiger partial charge in [0.25, 0.3) is 0 Å². The topological polar surface area (TPSA) is 0 Å². The number of rotatable bonds is 3. The molecule has 0 aliphatic heterocycles. The van der Waals surface area contributed by atoms with E-state index in [4.69, 9.17) is 0 Å². The molecule has 0 saturated carbocycles. The molecule has 1 aromatic carbocycles. The first-order chi connectivity index (χ1) is 8.72. The van der Waals surface area contributed by atoms with Crippen molar-refractivity contribution in [3.05, 3.63) is 65.3 Å². The fraction of sp³-hybridized carbons (Fsp3) is 0.250. The molecule has 0 amide bonds. The summed E-state index contributed by atoms with van der Waals surface area (Å²) in [6.45, 7) is 5.07. The van der Waals surface area contributed by atoms with Gasteiger partial charge in [0.2, 0.25) is 0 Å². The van der Waals surface area contributed by atoms with E-state index in [1.165, 1.54) is 12.0 Å². The van der Waals surface area contributed by atoms with Gasteiger partial charge in [0.05, 0.1) is 0 Å². The number of benzene rings is 1. The Labute approximate surface area is 146 Å².